The summed E-state index contributed by atoms with van der Waals surface area (Å²) in [6.07, 6.45) is 3.44. The number of carbonyl (C=O) groups excluding carboxylic acids is 1. The molecule has 1 aliphatic rings. The quantitative estimate of drug-likeness (QED) is 0.429. The summed E-state index contributed by atoms with van der Waals surface area (Å²) in [6.45, 7) is 9.27. The van der Waals surface area contributed by atoms with Gasteiger partial charge in [-0.15, -0.1) is 0 Å². The summed E-state index contributed by atoms with van der Waals surface area (Å²) in [4.78, 5) is 11.7. The summed E-state index contributed by atoms with van der Waals surface area (Å²) in [5, 5.41) is 12.0. The van der Waals surface area contributed by atoms with E-state index in [0.717, 1.165) is 24.8 Å². The van der Waals surface area contributed by atoms with Gasteiger partial charge in [-0.2, -0.15) is 0 Å². The minimum Gasteiger partial charge on any atom is -0.513 e. The van der Waals surface area contributed by atoms with Gasteiger partial charge in [-0.05, 0) is 19.3 Å². The molecule has 2 N–H and O–H groups in total. The van der Waals surface area contributed by atoms with E-state index in [1.54, 1.807) is 0 Å². The molecule has 0 saturated carbocycles. The lowest BCUT2D eigenvalue weighted by atomic mass is 9.79. The van der Waals surface area contributed by atoms with Gasteiger partial charge in [0.2, 0.25) is 5.91 Å². The van der Waals surface area contributed by atoms with E-state index in [1.165, 1.54) is 0 Å². The molecule has 1 aliphatic heterocycles. The van der Waals surface area contributed by atoms with Crippen molar-refractivity contribution in [3.63, 3.8) is 0 Å². The number of amides is 1. The number of aliphatic hydroxyl groups is 1. The lowest BCUT2D eigenvalue weighted by Gasteiger charge is -2.28. The van der Waals surface area contributed by atoms with Crippen LogP contribution in [0.4, 0.5) is 0 Å². The van der Waals surface area contributed by atoms with Crippen LogP contribution < -0.4 is 5.32 Å². The zero-order valence-electron chi connectivity index (χ0n) is 11.1. The number of aliphatic hydroxyl groups excluding tert-OH is 1. The van der Waals surface area contributed by atoms with Gasteiger partial charge < -0.3 is 15.1 Å². The van der Waals surface area contributed by atoms with Crippen molar-refractivity contribution in [2.45, 2.75) is 51.1 Å². The molecule has 1 heterocycles. The minimum absolute atomic E-state index is 0.0143. The van der Waals surface area contributed by atoms with Crippen LogP contribution in [-0.4, -0.2) is 30.5 Å². The second kappa shape index (κ2) is 7.26. The normalized spacial score (nSPS) is 22.9. The molecule has 1 fully saturated rings. The summed E-state index contributed by atoms with van der Waals surface area (Å²) in [5.74, 6) is 0.243. The molecule has 0 spiro atoms. The summed E-state index contributed by atoms with van der Waals surface area (Å²) >= 11 is 0. The van der Waals surface area contributed by atoms with Gasteiger partial charge in [0.15, 0.2) is 0 Å². The highest BCUT2D eigenvalue weighted by Crippen LogP contribution is 2.17. The molecular weight excluding hydrogens is 229 g/mol. The first kappa shape index (κ1) is 14.8. The molecule has 0 aromatic carbocycles. The Morgan fingerprint density at radius 2 is 2.22 bits per heavy atom. The Kier molecular flexibility index (Phi) is 5.99. The topological polar surface area (TPSA) is 58.6 Å². The van der Waals surface area contributed by atoms with Gasteiger partial charge >= 0.3 is 0 Å². The molecule has 0 aliphatic carbocycles. The van der Waals surface area contributed by atoms with Crippen LogP contribution in [0, 0.1) is 0 Å². The predicted molar refractivity (Wildman–Crippen MR) is 73.6 cm³/mol. The van der Waals surface area contributed by atoms with Crippen molar-refractivity contribution in [3.05, 3.63) is 24.5 Å². The predicted octanol–water partition coefficient (Wildman–Crippen LogP) is 1.78. The third-order valence-corrected chi connectivity index (χ3v) is 3.11. The third kappa shape index (κ3) is 5.40. The maximum Gasteiger partial charge on any atom is 0.297 e. The Morgan fingerprint density at radius 1 is 1.50 bits per heavy atom. The smallest absolute Gasteiger partial charge is 0.297 e. The van der Waals surface area contributed by atoms with Crippen molar-refractivity contribution in [2.24, 2.45) is 0 Å². The van der Waals surface area contributed by atoms with Crippen molar-refractivity contribution < 1.29 is 14.6 Å². The fourth-order valence-electron chi connectivity index (χ4n) is 1.97. The summed E-state index contributed by atoms with van der Waals surface area (Å²) < 4.78 is 5.58. The first-order valence-corrected chi connectivity index (χ1v) is 6.45. The second-order valence-electron chi connectivity index (χ2n) is 4.85. The first-order chi connectivity index (χ1) is 8.51. The van der Waals surface area contributed by atoms with E-state index in [1.807, 2.05) is 6.92 Å². The minimum atomic E-state index is 0.0143. The van der Waals surface area contributed by atoms with Crippen LogP contribution >= 0.6 is 0 Å². The average molecular weight is 251 g/mol. The number of rotatable bonds is 6. The molecule has 1 saturated heterocycles. The fraction of sp³-hybridized carbons (Fsp3) is 0.615. The molecule has 0 aromatic heterocycles. The maximum absolute atomic E-state index is 11.7. The molecule has 0 bridgehead atoms. The largest absolute Gasteiger partial charge is 0.513 e. The van der Waals surface area contributed by atoms with Crippen LogP contribution in [0.3, 0.4) is 0 Å². The Morgan fingerprint density at radius 3 is 2.72 bits per heavy atom. The monoisotopic (exact) mass is 251 g/mol. The Hall–Kier alpha value is -1.23. The molecule has 1 amide bonds. The van der Waals surface area contributed by atoms with Gasteiger partial charge in [0.05, 0.1) is 5.76 Å². The van der Waals surface area contributed by atoms with Gasteiger partial charge in [-0.3, -0.25) is 4.79 Å². The van der Waals surface area contributed by atoms with Crippen LogP contribution in [0.5, 0.6) is 0 Å². The summed E-state index contributed by atoms with van der Waals surface area (Å²) in [7, 11) is 0.502. The molecule has 18 heavy (non-hydrogen) atoms. The van der Waals surface area contributed by atoms with Crippen LogP contribution in [0.15, 0.2) is 24.5 Å². The Bertz CT molecular complexity index is 322. The van der Waals surface area contributed by atoms with Crippen molar-refractivity contribution in [1.29, 1.82) is 0 Å². The van der Waals surface area contributed by atoms with E-state index < -0.39 is 0 Å². The lowest BCUT2D eigenvalue weighted by Crippen LogP contribution is -2.45. The molecular formula is C13H22BNO3. The highest BCUT2D eigenvalue weighted by atomic mass is 16.4. The van der Waals surface area contributed by atoms with Crippen LogP contribution in [0.1, 0.15) is 39.0 Å². The average Bonchev–Trinajstić information content (AvgIpc) is 2.30. The zero-order chi connectivity index (χ0) is 13.5. The third-order valence-electron chi connectivity index (χ3n) is 3.11. The van der Waals surface area contributed by atoms with E-state index in [9.17, 15) is 4.79 Å². The molecule has 2 unspecified atom stereocenters. The summed E-state index contributed by atoms with van der Waals surface area (Å²) in [6, 6.07) is 0. The van der Waals surface area contributed by atoms with E-state index >= 15 is 0 Å². The van der Waals surface area contributed by atoms with Gasteiger partial charge in [-0.25, -0.2) is 0 Å². The Balaban J connectivity index is 2.24. The standard InChI is InChI=1S/C13H22BNO3/c1-4-9(2)7-13(17)15-12-6-5-11(18-14-12)8-10(3)16/h11-12,14,16H,2-8H2,1H3,(H,15,17). The first-order valence-electron chi connectivity index (χ1n) is 6.45. The summed E-state index contributed by atoms with van der Waals surface area (Å²) in [5.41, 5.74) is 0.943. The van der Waals surface area contributed by atoms with Crippen LogP contribution in [0.2, 0.25) is 0 Å². The molecule has 0 radical (unpaired) electrons. The maximum atomic E-state index is 11.7. The number of carbonyl (C=O) groups is 1. The zero-order valence-corrected chi connectivity index (χ0v) is 11.1. The van der Waals surface area contributed by atoms with E-state index in [2.05, 4.69) is 18.5 Å². The van der Waals surface area contributed by atoms with Crippen LogP contribution in [0.25, 0.3) is 0 Å². The Labute approximate surface area is 109 Å². The van der Waals surface area contributed by atoms with Crippen LogP contribution in [-0.2, 0) is 9.45 Å². The number of hydrogen-bond acceptors (Lipinski definition) is 3. The molecule has 1 rings (SSSR count). The molecule has 4 nitrogen and oxygen atoms in total. The highest BCUT2D eigenvalue weighted by Gasteiger charge is 2.24. The van der Waals surface area contributed by atoms with Crippen molar-refractivity contribution in [2.75, 3.05) is 0 Å². The second-order valence-corrected chi connectivity index (χ2v) is 4.85. The number of hydrogen-bond donors (Lipinski definition) is 2. The molecule has 5 heteroatoms. The van der Waals surface area contributed by atoms with Crippen molar-refractivity contribution in [3.8, 4) is 0 Å². The number of nitrogens with one attached hydrogen (secondary N) is 1. The van der Waals surface area contributed by atoms with Gasteiger partial charge in [-0.1, -0.05) is 25.7 Å². The molecule has 100 valence electrons. The fourth-order valence-corrected chi connectivity index (χ4v) is 1.97. The van der Waals surface area contributed by atoms with E-state index in [-0.39, 0.29) is 23.7 Å². The SMILES string of the molecule is C=C(O)CC1CCC(NC(=O)CC(=C)CC)BO1. The van der Waals surface area contributed by atoms with Gasteiger partial charge in [0.1, 0.15) is 0 Å². The lowest BCUT2D eigenvalue weighted by molar-refractivity contribution is -0.120. The van der Waals surface area contributed by atoms with E-state index in [0.29, 0.717) is 20.3 Å². The van der Waals surface area contributed by atoms with E-state index in [4.69, 9.17) is 9.76 Å². The van der Waals surface area contributed by atoms with Crippen molar-refractivity contribution in [1.82, 2.24) is 5.32 Å². The van der Waals surface area contributed by atoms with Gasteiger partial charge in [0, 0.05) is 24.9 Å². The van der Waals surface area contributed by atoms with Gasteiger partial charge in [0.25, 0.3) is 7.48 Å². The highest BCUT2D eigenvalue weighted by molar-refractivity contribution is 6.30. The van der Waals surface area contributed by atoms with Crippen molar-refractivity contribution >= 4 is 13.4 Å². The molecule has 0 aromatic rings. The molecule has 2 atom stereocenters.